The summed E-state index contributed by atoms with van der Waals surface area (Å²) < 4.78 is 3.43. The molecule has 1 amide bonds. The number of aryl methyl sites for hydroxylation is 1. The van der Waals surface area contributed by atoms with Crippen LogP contribution in [0, 0.1) is 0 Å². The van der Waals surface area contributed by atoms with Gasteiger partial charge < -0.3 is 5.32 Å². The Morgan fingerprint density at radius 1 is 0.971 bits per heavy atom. The minimum atomic E-state index is -0.156. The van der Waals surface area contributed by atoms with Crippen LogP contribution in [-0.2, 0) is 11.2 Å². The molecule has 2 heterocycles. The Kier molecular flexibility index (Phi) is 5.58. The predicted octanol–water partition coefficient (Wildman–Crippen LogP) is 4.32. The molecule has 2 aromatic heterocycles. The average molecular weight is 482 g/mol. The van der Waals surface area contributed by atoms with Crippen LogP contribution in [0.15, 0.2) is 88.8 Å². The van der Waals surface area contributed by atoms with Crippen LogP contribution in [0.5, 0.6) is 0 Å². The molecule has 0 aliphatic heterocycles. The van der Waals surface area contributed by atoms with Crippen molar-refractivity contribution < 1.29 is 4.79 Å². The number of aromatic nitrogens is 4. The summed E-state index contributed by atoms with van der Waals surface area (Å²) in [6.07, 6.45) is 3.06. The maximum atomic E-state index is 13.4. The van der Waals surface area contributed by atoms with Gasteiger partial charge in [0.15, 0.2) is 5.16 Å². The lowest BCUT2D eigenvalue weighted by Crippen LogP contribution is -2.32. The zero-order valence-corrected chi connectivity index (χ0v) is 19.7. The van der Waals surface area contributed by atoms with E-state index in [4.69, 9.17) is 0 Å². The molecule has 1 atom stereocenters. The minimum Gasteiger partial charge on any atom is -0.349 e. The highest BCUT2D eigenvalue weighted by Crippen LogP contribution is 2.30. The van der Waals surface area contributed by atoms with Gasteiger partial charge in [-0.2, -0.15) is 0 Å². The number of nitrogens with one attached hydrogen (secondary N) is 1. The van der Waals surface area contributed by atoms with Crippen LogP contribution >= 0.6 is 11.8 Å². The number of thioether (sulfide) groups is 1. The van der Waals surface area contributed by atoms with Crippen molar-refractivity contribution in [1.29, 1.82) is 0 Å². The standard InChI is InChI=1S/C27H23N5O2S/c33-24(28-22-15-8-10-18-9-4-5-13-20(18)22)17-35-27-30-29-26-31(19-11-2-1-3-12-19)25(34)21-14-6-7-16-23(21)32(26)27/h1-7,9,11-14,16,22H,8,10,15,17H2,(H,28,33)/t22-/m0/s1. The minimum absolute atomic E-state index is 0.0345. The van der Waals surface area contributed by atoms with Gasteiger partial charge in [0.05, 0.1) is 28.4 Å². The quantitative estimate of drug-likeness (QED) is 0.378. The third-order valence-corrected chi connectivity index (χ3v) is 7.38. The van der Waals surface area contributed by atoms with Crippen molar-refractivity contribution in [2.45, 2.75) is 30.5 Å². The number of amides is 1. The lowest BCUT2D eigenvalue weighted by atomic mass is 9.88. The molecule has 0 radical (unpaired) electrons. The van der Waals surface area contributed by atoms with Gasteiger partial charge in [0.2, 0.25) is 11.7 Å². The Labute approximate surface area is 205 Å². The number of nitrogens with zero attached hydrogens (tertiary/aromatic N) is 4. The number of carbonyl (C=O) groups excluding carboxylic acids is 1. The zero-order chi connectivity index (χ0) is 23.8. The first-order valence-corrected chi connectivity index (χ1v) is 12.6. The van der Waals surface area contributed by atoms with Crippen LogP contribution in [0.25, 0.3) is 22.4 Å². The summed E-state index contributed by atoms with van der Waals surface area (Å²) in [4.78, 5) is 26.3. The second-order valence-corrected chi connectivity index (χ2v) is 9.55. The average Bonchev–Trinajstić information content (AvgIpc) is 3.32. The van der Waals surface area contributed by atoms with E-state index in [1.54, 1.807) is 10.6 Å². The largest absolute Gasteiger partial charge is 0.349 e. The van der Waals surface area contributed by atoms with E-state index in [1.807, 2.05) is 59.0 Å². The number of rotatable bonds is 5. The van der Waals surface area contributed by atoms with Crippen molar-refractivity contribution in [3.8, 4) is 5.69 Å². The molecular formula is C27H23N5O2S. The molecule has 6 rings (SSSR count). The molecular weight excluding hydrogens is 458 g/mol. The molecule has 0 bridgehead atoms. The van der Waals surface area contributed by atoms with Gasteiger partial charge in [-0.3, -0.25) is 14.0 Å². The number of hydrogen-bond donors (Lipinski definition) is 1. The second-order valence-electron chi connectivity index (χ2n) is 8.61. The number of fused-ring (bicyclic) bond motifs is 4. The van der Waals surface area contributed by atoms with Gasteiger partial charge in [-0.25, -0.2) is 4.57 Å². The van der Waals surface area contributed by atoms with Crippen LogP contribution < -0.4 is 10.9 Å². The highest BCUT2D eigenvalue weighted by Gasteiger charge is 2.22. The summed E-state index contributed by atoms with van der Waals surface area (Å²) in [5, 5.41) is 13.0. The van der Waals surface area contributed by atoms with Gasteiger partial charge in [-0.15, -0.1) is 10.2 Å². The maximum Gasteiger partial charge on any atom is 0.267 e. The summed E-state index contributed by atoms with van der Waals surface area (Å²) in [6.45, 7) is 0. The van der Waals surface area contributed by atoms with Crippen molar-refractivity contribution in [1.82, 2.24) is 24.5 Å². The van der Waals surface area contributed by atoms with Crippen LogP contribution in [0.2, 0.25) is 0 Å². The predicted molar refractivity (Wildman–Crippen MR) is 137 cm³/mol. The lowest BCUT2D eigenvalue weighted by molar-refractivity contribution is -0.119. The van der Waals surface area contributed by atoms with Crippen LogP contribution in [0.3, 0.4) is 0 Å². The van der Waals surface area contributed by atoms with E-state index in [-0.39, 0.29) is 23.3 Å². The monoisotopic (exact) mass is 481 g/mol. The Balaban J connectivity index is 1.33. The normalized spacial score (nSPS) is 15.3. The number of benzene rings is 3. The van der Waals surface area contributed by atoms with Crippen LogP contribution in [-0.4, -0.2) is 30.8 Å². The number of hydrogen-bond acceptors (Lipinski definition) is 5. The van der Waals surface area contributed by atoms with Crippen LogP contribution in [0.1, 0.15) is 30.0 Å². The van der Waals surface area contributed by atoms with E-state index >= 15 is 0 Å². The molecule has 0 unspecified atom stereocenters. The van der Waals surface area contributed by atoms with E-state index in [9.17, 15) is 9.59 Å². The smallest absolute Gasteiger partial charge is 0.267 e. The van der Waals surface area contributed by atoms with E-state index < -0.39 is 0 Å². The fraction of sp³-hybridized carbons (Fsp3) is 0.185. The van der Waals surface area contributed by atoms with Gasteiger partial charge in [0, 0.05) is 0 Å². The zero-order valence-electron chi connectivity index (χ0n) is 18.9. The van der Waals surface area contributed by atoms with Crippen molar-refractivity contribution in [3.05, 3.63) is 100 Å². The molecule has 1 aliphatic rings. The molecule has 1 aliphatic carbocycles. The fourth-order valence-corrected chi connectivity index (χ4v) is 5.60. The molecule has 174 valence electrons. The fourth-order valence-electron chi connectivity index (χ4n) is 4.85. The molecule has 35 heavy (non-hydrogen) atoms. The first-order chi connectivity index (χ1) is 17.2. The summed E-state index contributed by atoms with van der Waals surface area (Å²) in [7, 11) is 0. The van der Waals surface area contributed by atoms with Crippen molar-refractivity contribution in [2.75, 3.05) is 5.75 Å². The van der Waals surface area contributed by atoms with E-state index in [0.717, 1.165) is 19.3 Å². The molecule has 0 saturated heterocycles. The van der Waals surface area contributed by atoms with Crippen molar-refractivity contribution in [2.24, 2.45) is 0 Å². The first-order valence-electron chi connectivity index (χ1n) is 11.6. The second kappa shape index (κ2) is 9.03. The Hall–Kier alpha value is -3.91. The molecule has 3 aromatic carbocycles. The summed E-state index contributed by atoms with van der Waals surface area (Å²) >= 11 is 1.32. The van der Waals surface area contributed by atoms with Gasteiger partial charge in [0.1, 0.15) is 0 Å². The van der Waals surface area contributed by atoms with E-state index in [2.05, 4.69) is 33.7 Å². The molecule has 5 aromatic rings. The van der Waals surface area contributed by atoms with Gasteiger partial charge >= 0.3 is 0 Å². The third kappa shape index (κ3) is 3.89. The van der Waals surface area contributed by atoms with Crippen molar-refractivity contribution >= 4 is 34.3 Å². The number of carbonyl (C=O) groups is 1. The lowest BCUT2D eigenvalue weighted by Gasteiger charge is -2.26. The Morgan fingerprint density at radius 3 is 2.63 bits per heavy atom. The highest BCUT2D eigenvalue weighted by molar-refractivity contribution is 7.99. The summed E-state index contributed by atoms with van der Waals surface area (Å²) in [5.41, 5.74) is 3.80. The van der Waals surface area contributed by atoms with E-state index in [0.29, 0.717) is 27.5 Å². The summed E-state index contributed by atoms with van der Waals surface area (Å²) in [6, 6.07) is 25.2. The maximum absolute atomic E-state index is 13.4. The molecule has 1 N–H and O–H groups in total. The van der Waals surface area contributed by atoms with Crippen molar-refractivity contribution in [3.63, 3.8) is 0 Å². The summed E-state index contributed by atoms with van der Waals surface area (Å²) in [5.74, 6) is 0.580. The van der Waals surface area contributed by atoms with Gasteiger partial charge in [-0.05, 0) is 54.7 Å². The molecule has 0 saturated carbocycles. The first kappa shape index (κ1) is 21.6. The van der Waals surface area contributed by atoms with Gasteiger partial charge in [-0.1, -0.05) is 66.4 Å². The Morgan fingerprint density at radius 2 is 1.74 bits per heavy atom. The molecule has 7 nitrogen and oxygen atoms in total. The third-order valence-electron chi connectivity index (χ3n) is 6.45. The SMILES string of the molecule is O=C(CSc1nnc2n(-c3ccccc3)c(=O)c3ccccc3n12)N[C@H]1CCCc2ccccc21. The topological polar surface area (TPSA) is 81.3 Å². The van der Waals surface area contributed by atoms with E-state index in [1.165, 1.54) is 22.9 Å². The van der Waals surface area contributed by atoms with Gasteiger partial charge in [0.25, 0.3) is 5.56 Å². The Bertz CT molecular complexity index is 1610. The number of para-hydroxylation sites is 2. The molecule has 0 fully saturated rings. The molecule has 0 spiro atoms. The van der Waals surface area contributed by atoms with Crippen LogP contribution in [0.4, 0.5) is 0 Å². The molecule has 8 heteroatoms. The highest BCUT2D eigenvalue weighted by atomic mass is 32.2.